The summed E-state index contributed by atoms with van der Waals surface area (Å²) in [6, 6.07) is 0. The van der Waals surface area contributed by atoms with Crippen LogP contribution in [0.2, 0.25) is 0 Å². The normalized spacial score (nSPS) is 47.6. The molecule has 11 unspecified atom stereocenters. The van der Waals surface area contributed by atoms with E-state index in [2.05, 4.69) is 0 Å². The number of carbonyl (C=O) groups excluding carboxylic acids is 1. The van der Waals surface area contributed by atoms with Crippen molar-refractivity contribution >= 4 is 5.78 Å². The summed E-state index contributed by atoms with van der Waals surface area (Å²) in [6.07, 6.45) is 1.69. The highest BCUT2D eigenvalue weighted by atomic mass is 16.4. The Morgan fingerprint density at radius 3 is 2.37 bits per heavy atom. The lowest BCUT2D eigenvalue weighted by molar-refractivity contribution is -0.162. The quantitative estimate of drug-likeness (QED) is 0.285. The van der Waals surface area contributed by atoms with E-state index in [4.69, 9.17) is 0 Å². The van der Waals surface area contributed by atoms with Gasteiger partial charge in [0.05, 0.1) is 36.1 Å². The average Bonchev–Trinajstić information content (AvgIpc) is 3.06. The molecular formula is C27H44O8. The second kappa shape index (κ2) is 8.58. The van der Waals surface area contributed by atoms with Crippen LogP contribution in [0.4, 0.5) is 0 Å². The van der Waals surface area contributed by atoms with Crippen LogP contribution >= 0.6 is 0 Å². The molecule has 7 N–H and O–H groups in total. The van der Waals surface area contributed by atoms with Gasteiger partial charge in [0.1, 0.15) is 5.60 Å². The number of aliphatic hydroxyl groups excluding tert-OH is 4. The standard InChI is InChI=1S/C27H44O8/c1-23-13-20(31)19(30)12-17(23)18(29)11-16-15(23)5-8-24(2)21(6-10-27(16,24)35)25(3,33)9-7-22(32)26(4,34)14-28/h11,15,17,19-22,28,30-35H,5-10,12-14H2,1-4H3. The van der Waals surface area contributed by atoms with Gasteiger partial charge in [-0.05, 0) is 94.1 Å². The first-order valence-corrected chi connectivity index (χ1v) is 13.1. The van der Waals surface area contributed by atoms with E-state index < -0.39 is 52.6 Å². The third-order valence-electron chi connectivity index (χ3n) is 10.8. The summed E-state index contributed by atoms with van der Waals surface area (Å²) in [5.74, 6) is -0.876. The predicted molar refractivity (Wildman–Crippen MR) is 128 cm³/mol. The number of allylic oxidation sites excluding steroid dienone is 1. The fourth-order valence-corrected chi connectivity index (χ4v) is 8.39. The van der Waals surface area contributed by atoms with Crippen molar-refractivity contribution in [1.29, 1.82) is 0 Å². The van der Waals surface area contributed by atoms with E-state index in [1.807, 2.05) is 13.8 Å². The highest BCUT2D eigenvalue weighted by Crippen LogP contribution is 2.68. The van der Waals surface area contributed by atoms with Crippen LogP contribution in [0, 0.1) is 28.6 Å². The van der Waals surface area contributed by atoms with E-state index >= 15 is 0 Å². The van der Waals surface area contributed by atoms with Crippen LogP contribution in [-0.2, 0) is 4.79 Å². The van der Waals surface area contributed by atoms with Gasteiger partial charge in [-0.3, -0.25) is 4.79 Å². The molecule has 3 fully saturated rings. The van der Waals surface area contributed by atoms with Gasteiger partial charge in [-0.2, -0.15) is 0 Å². The average molecular weight is 497 g/mol. The zero-order valence-corrected chi connectivity index (χ0v) is 21.4. The summed E-state index contributed by atoms with van der Waals surface area (Å²) in [5, 5.41) is 74.3. The molecule has 200 valence electrons. The summed E-state index contributed by atoms with van der Waals surface area (Å²) in [6.45, 7) is 6.45. The van der Waals surface area contributed by atoms with Crippen molar-refractivity contribution in [3.63, 3.8) is 0 Å². The largest absolute Gasteiger partial charge is 0.393 e. The Bertz CT molecular complexity index is 882. The Morgan fingerprint density at radius 2 is 1.74 bits per heavy atom. The van der Waals surface area contributed by atoms with Gasteiger partial charge < -0.3 is 35.7 Å². The molecule has 0 saturated heterocycles. The first-order chi connectivity index (χ1) is 16.0. The number of ketones is 1. The topological polar surface area (TPSA) is 159 Å². The number of hydrogen-bond donors (Lipinski definition) is 7. The minimum atomic E-state index is -1.66. The molecule has 0 radical (unpaired) electrons. The third kappa shape index (κ3) is 3.95. The molecule has 0 aliphatic heterocycles. The summed E-state index contributed by atoms with van der Waals surface area (Å²) < 4.78 is 0. The molecule has 4 aliphatic rings. The summed E-state index contributed by atoms with van der Waals surface area (Å²) >= 11 is 0. The molecule has 0 aromatic carbocycles. The van der Waals surface area contributed by atoms with E-state index in [-0.39, 0.29) is 42.8 Å². The van der Waals surface area contributed by atoms with E-state index in [9.17, 15) is 40.5 Å². The van der Waals surface area contributed by atoms with Crippen molar-refractivity contribution in [3.8, 4) is 0 Å². The summed E-state index contributed by atoms with van der Waals surface area (Å²) in [4.78, 5) is 13.3. The second-order valence-electron chi connectivity index (χ2n) is 13.0. The Hall–Kier alpha value is -0.870. The SMILES string of the molecule is CC(O)(CO)C(O)CCC(C)(O)C1CCC2(O)C3=CC(=O)C4CC(O)C(O)CC4(C)C3CCC12C. The van der Waals surface area contributed by atoms with Crippen molar-refractivity contribution in [2.24, 2.45) is 28.6 Å². The first-order valence-electron chi connectivity index (χ1n) is 13.1. The van der Waals surface area contributed by atoms with Gasteiger partial charge in [0, 0.05) is 11.3 Å². The number of fused-ring (bicyclic) bond motifs is 5. The van der Waals surface area contributed by atoms with Gasteiger partial charge in [0.2, 0.25) is 0 Å². The molecule has 0 heterocycles. The van der Waals surface area contributed by atoms with Crippen LogP contribution in [0.1, 0.15) is 79.1 Å². The Labute approximate surface area is 207 Å². The number of rotatable bonds is 6. The van der Waals surface area contributed by atoms with Gasteiger partial charge in [-0.15, -0.1) is 0 Å². The lowest BCUT2D eigenvalue weighted by Crippen LogP contribution is -2.62. The van der Waals surface area contributed by atoms with Gasteiger partial charge >= 0.3 is 0 Å². The van der Waals surface area contributed by atoms with Crippen LogP contribution in [0.15, 0.2) is 11.6 Å². The van der Waals surface area contributed by atoms with Gasteiger partial charge in [0.15, 0.2) is 5.78 Å². The molecular weight excluding hydrogens is 452 g/mol. The lowest BCUT2D eigenvalue weighted by Gasteiger charge is -2.60. The molecule has 8 heteroatoms. The molecule has 0 bridgehead atoms. The Kier molecular flexibility index (Phi) is 6.66. The minimum absolute atomic E-state index is 0.0874. The smallest absolute Gasteiger partial charge is 0.159 e. The van der Waals surface area contributed by atoms with Crippen LogP contribution < -0.4 is 0 Å². The van der Waals surface area contributed by atoms with Crippen molar-refractivity contribution < 1.29 is 40.5 Å². The molecule has 0 aromatic heterocycles. The Balaban J connectivity index is 1.62. The number of hydrogen-bond acceptors (Lipinski definition) is 8. The maximum atomic E-state index is 13.3. The molecule has 4 aliphatic carbocycles. The number of aliphatic hydroxyl groups is 7. The van der Waals surface area contributed by atoms with Gasteiger partial charge in [0.25, 0.3) is 0 Å². The van der Waals surface area contributed by atoms with Crippen molar-refractivity contribution in [2.45, 2.75) is 114 Å². The summed E-state index contributed by atoms with van der Waals surface area (Å²) in [7, 11) is 0. The maximum Gasteiger partial charge on any atom is 0.159 e. The molecule has 4 rings (SSSR count). The zero-order valence-electron chi connectivity index (χ0n) is 21.4. The third-order valence-corrected chi connectivity index (χ3v) is 10.8. The van der Waals surface area contributed by atoms with Crippen LogP contribution in [-0.4, -0.2) is 83.3 Å². The van der Waals surface area contributed by atoms with Crippen molar-refractivity contribution in [3.05, 3.63) is 11.6 Å². The van der Waals surface area contributed by atoms with E-state index in [1.165, 1.54) is 6.92 Å². The maximum absolute atomic E-state index is 13.3. The van der Waals surface area contributed by atoms with Crippen LogP contribution in [0.3, 0.4) is 0 Å². The molecule has 8 nitrogen and oxygen atoms in total. The minimum Gasteiger partial charge on any atom is -0.393 e. The highest BCUT2D eigenvalue weighted by Gasteiger charge is 2.68. The molecule has 3 saturated carbocycles. The number of carbonyl (C=O) groups is 1. The van der Waals surface area contributed by atoms with Crippen molar-refractivity contribution in [2.75, 3.05) is 6.61 Å². The monoisotopic (exact) mass is 496 g/mol. The first kappa shape index (κ1) is 27.2. The lowest BCUT2D eigenvalue weighted by atomic mass is 9.45. The molecule has 0 aromatic rings. The van der Waals surface area contributed by atoms with Gasteiger partial charge in [-0.1, -0.05) is 13.8 Å². The zero-order chi connectivity index (χ0) is 26.2. The molecule has 35 heavy (non-hydrogen) atoms. The second-order valence-corrected chi connectivity index (χ2v) is 13.0. The predicted octanol–water partition coefficient (Wildman–Crippen LogP) is 0.826. The van der Waals surface area contributed by atoms with Gasteiger partial charge in [-0.25, -0.2) is 0 Å². The van der Waals surface area contributed by atoms with Crippen LogP contribution in [0.5, 0.6) is 0 Å². The van der Waals surface area contributed by atoms with E-state index in [1.54, 1.807) is 13.0 Å². The fourth-order valence-electron chi connectivity index (χ4n) is 8.39. The van der Waals surface area contributed by atoms with Crippen LogP contribution in [0.25, 0.3) is 0 Å². The Morgan fingerprint density at radius 1 is 1.09 bits per heavy atom. The molecule has 0 spiro atoms. The summed E-state index contributed by atoms with van der Waals surface area (Å²) in [5.41, 5.74) is -4.71. The molecule has 0 amide bonds. The fraction of sp³-hybridized carbons (Fsp3) is 0.889. The molecule has 11 atom stereocenters. The van der Waals surface area contributed by atoms with E-state index in [0.717, 1.165) is 0 Å². The van der Waals surface area contributed by atoms with Crippen molar-refractivity contribution in [1.82, 2.24) is 0 Å². The van der Waals surface area contributed by atoms with E-state index in [0.29, 0.717) is 37.7 Å². The highest BCUT2D eigenvalue weighted by molar-refractivity contribution is 5.95.